The second kappa shape index (κ2) is 6.41. The summed E-state index contributed by atoms with van der Waals surface area (Å²) in [6.45, 7) is 2.12. The van der Waals surface area contributed by atoms with Crippen LogP contribution in [0.25, 0.3) is 11.0 Å². The van der Waals surface area contributed by atoms with E-state index in [4.69, 9.17) is 27.9 Å². The topological polar surface area (TPSA) is 52.1 Å². The van der Waals surface area contributed by atoms with Gasteiger partial charge >= 0.3 is 5.97 Å². The standard InChI is InChI=1S/C12H10Cl2N2O2S/c1-2-18-10(17)6-19-12-11(14)15-9-5-7(13)3-4-8(9)16-12/h3-5H,2,6H2,1H3. The first-order valence-corrected chi connectivity index (χ1v) is 7.25. The number of benzene rings is 1. The van der Waals surface area contributed by atoms with Gasteiger partial charge in [-0.3, -0.25) is 4.79 Å². The fourth-order valence-corrected chi connectivity index (χ4v) is 2.54. The van der Waals surface area contributed by atoms with Gasteiger partial charge in [-0.25, -0.2) is 9.97 Å². The van der Waals surface area contributed by atoms with E-state index in [0.29, 0.717) is 27.7 Å². The Hall–Kier alpha value is -1.04. The van der Waals surface area contributed by atoms with E-state index in [1.165, 1.54) is 11.8 Å². The zero-order valence-corrected chi connectivity index (χ0v) is 12.3. The van der Waals surface area contributed by atoms with Crippen molar-refractivity contribution in [1.82, 2.24) is 9.97 Å². The summed E-state index contributed by atoms with van der Waals surface area (Å²) in [7, 11) is 0. The molecule has 0 N–H and O–H groups in total. The lowest BCUT2D eigenvalue weighted by molar-refractivity contribution is -0.139. The van der Waals surface area contributed by atoms with Gasteiger partial charge in [0.1, 0.15) is 5.03 Å². The Labute approximate surface area is 124 Å². The molecule has 0 amide bonds. The maximum Gasteiger partial charge on any atom is 0.316 e. The Morgan fingerprint density at radius 3 is 2.84 bits per heavy atom. The molecule has 4 nitrogen and oxygen atoms in total. The van der Waals surface area contributed by atoms with Crippen molar-refractivity contribution in [3.05, 3.63) is 28.4 Å². The van der Waals surface area contributed by atoms with Gasteiger partial charge in [-0.15, -0.1) is 0 Å². The predicted molar refractivity (Wildman–Crippen MR) is 76.9 cm³/mol. The van der Waals surface area contributed by atoms with E-state index < -0.39 is 0 Å². The number of halogens is 2. The molecule has 2 rings (SSSR count). The third kappa shape index (κ3) is 3.72. The molecule has 7 heteroatoms. The Bertz CT molecular complexity index is 622. The lowest BCUT2D eigenvalue weighted by atomic mass is 10.3. The minimum atomic E-state index is -0.304. The maximum absolute atomic E-state index is 11.3. The fraction of sp³-hybridized carbons (Fsp3) is 0.250. The second-order valence-corrected chi connectivity index (χ2v) is 5.30. The normalized spacial score (nSPS) is 10.7. The molecule has 0 aliphatic heterocycles. The number of hydrogen-bond donors (Lipinski definition) is 0. The van der Waals surface area contributed by atoms with Gasteiger partial charge in [0.15, 0.2) is 5.15 Å². The molecule has 0 fully saturated rings. The van der Waals surface area contributed by atoms with Gasteiger partial charge in [0.05, 0.1) is 23.4 Å². The van der Waals surface area contributed by atoms with Crippen molar-refractivity contribution in [3.8, 4) is 0 Å². The summed E-state index contributed by atoms with van der Waals surface area (Å²) < 4.78 is 4.84. The van der Waals surface area contributed by atoms with E-state index in [1.54, 1.807) is 25.1 Å². The zero-order valence-electron chi connectivity index (χ0n) is 10.0. The van der Waals surface area contributed by atoms with E-state index in [-0.39, 0.29) is 16.9 Å². The Balaban J connectivity index is 2.21. The van der Waals surface area contributed by atoms with Gasteiger partial charge in [0, 0.05) is 5.02 Å². The largest absolute Gasteiger partial charge is 0.465 e. The van der Waals surface area contributed by atoms with E-state index in [9.17, 15) is 4.79 Å². The minimum Gasteiger partial charge on any atom is -0.465 e. The average molecular weight is 317 g/mol. The first-order chi connectivity index (χ1) is 9.10. The molecule has 100 valence electrons. The van der Waals surface area contributed by atoms with Crippen LogP contribution in [0.2, 0.25) is 10.2 Å². The van der Waals surface area contributed by atoms with E-state index >= 15 is 0 Å². The molecule has 0 spiro atoms. The monoisotopic (exact) mass is 316 g/mol. The summed E-state index contributed by atoms with van der Waals surface area (Å²) >= 11 is 13.1. The Morgan fingerprint density at radius 1 is 1.32 bits per heavy atom. The molecular weight excluding hydrogens is 307 g/mol. The summed E-state index contributed by atoms with van der Waals surface area (Å²) in [6.07, 6.45) is 0. The molecule has 0 aliphatic rings. The van der Waals surface area contributed by atoms with Crippen molar-refractivity contribution < 1.29 is 9.53 Å². The van der Waals surface area contributed by atoms with E-state index in [1.807, 2.05) is 0 Å². The smallest absolute Gasteiger partial charge is 0.316 e. The number of hydrogen-bond acceptors (Lipinski definition) is 5. The van der Waals surface area contributed by atoms with Gasteiger partial charge < -0.3 is 4.74 Å². The first-order valence-electron chi connectivity index (χ1n) is 5.51. The van der Waals surface area contributed by atoms with Crippen LogP contribution in [0.4, 0.5) is 0 Å². The van der Waals surface area contributed by atoms with Crippen molar-refractivity contribution in [3.63, 3.8) is 0 Å². The molecule has 1 aromatic heterocycles. The highest BCUT2D eigenvalue weighted by atomic mass is 35.5. The molecule has 1 aromatic carbocycles. The SMILES string of the molecule is CCOC(=O)CSc1nc2ccc(Cl)cc2nc1Cl. The number of aromatic nitrogens is 2. The van der Waals surface area contributed by atoms with Crippen molar-refractivity contribution in [2.24, 2.45) is 0 Å². The lowest BCUT2D eigenvalue weighted by Gasteiger charge is -2.05. The molecule has 0 aliphatic carbocycles. The number of thioether (sulfide) groups is 1. The van der Waals surface area contributed by atoms with Gasteiger partial charge in [0.2, 0.25) is 0 Å². The van der Waals surface area contributed by atoms with Crippen LogP contribution in [-0.4, -0.2) is 28.3 Å². The molecule has 1 heterocycles. The summed E-state index contributed by atoms with van der Waals surface area (Å²) in [4.78, 5) is 19.8. The van der Waals surface area contributed by atoms with E-state index in [0.717, 1.165) is 0 Å². The molecule has 19 heavy (non-hydrogen) atoms. The van der Waals surface area contributed by atoms with E-state index in [2.05, 4.69) is 9.97 Å². The second-order valence-electron chi connectivity index (χ2n) is 3.55. The van der Waals surface area contributed by atoms with Crippen molar-refractivity contribution in [2.45, 2.75) is 11.9 Å². The summed E-state index contributed by atoms with van der Waals surface area (Å²) in [5.41, 5.74) is 1.30. The number of ether oxygens (including phenoxy) is 1. The van der Waals surface area contributed by atoms with Gasteiger partial charge in [-0.2, -0.15) is 0 Å². The van der Waals surface area contributed by atoms with Crippen LogP contribution < -0.4 is 0 Å². The van der Waals surface area contributed by atoms with Crippen molar-refractivity contribution in [2.75, 3.05) is 12.4 Å². The molecule has 0 bridgehead atoms. The predicted octanol–water partition coefficient (Wildman–Crippen LogP) is 3.59. The van der Waals surface area contributed by atoms with Crippen LogP contribution in [-0.2, 0) is 9.53 Å². The van der Waals surface area contributed by atoms with Crippen molar-refractivity contribution >= 4 is 52.0 Å². The highest BCUT2D eigenvalue weighted by Crippen LogP contribution is 2.27. The molecule has 0 saturated heterocycles. The average Bonchev–Trinajstić information content (AvgIpc) is 2.36. The van der Waals surface area contributed by atoms with Crippen LogP contribution >= 0.6 is 35.0 Å². The summed E-state index contributed by atoms with van der Waals surface area (Å²) in [6, 6.07) is 5.18. The molecule has 0 unspecified atom stereocenters. The third-order valence-corrected chi connectivity index (χ3v) is 3.74. The first kappa shape index (κ1) is 14.4. The number of fused-ring (bicyclic) bond motifs is 1. The highest BCUT2D eigenvalue weighted by molar-refractivity contribution is 8.00. The van der Waals surface area contributed by atoms with Crippen LogP contribution in [0.1, 0.15) is 6.92 Å². The molecule has 0 saturated carbocycles. The number of carbonyl (C=O) groups is 1. The van der Waals surface area contributed by atoms with Gasteiger partial charge in [-0.1, -0.05) is 35.0 Å². The van der Waals surface area contributed by atoms with Crippen LogP contribution in [0.3, 0.4) is 0 Å². The number of rotatable bonds is 4. The van der Waals surface area contributed by atoms with Crippen LogP contribution in [0.15, 0.2) is 23.2 Å². The minimum absolute atomic E-state index is 0.154. The molecular formula is C12H10Cl2N2O2S. The lowest BCUT2D eigenvalue weighted by Crippen LogP contribution is -2.07. The quantitative estimate of drug-likeness (QED) is 0.637. The maximum atomic E-state index is 11.3. The van der Waals surface area contributed by atoms with Gasteiger partial charge in [-0.05, 0) is 25.1 Å². The molecule has 0 atom stereocenters. The molecule has 2 aromatic rings. The number of nitrogens with zero attached hydrogens (tertiary/aromatic N) is 2. The third-order valence-electron chi connectivity index (χ3n) is 2.19. The molecule has 0 radical (unpaired) electrons. The Kier molecular flexibility index (Phi) is 4.85. The fourth-order valence-electron chi connectivity index (χ4n) is 1.41. The van der Waals surface area contributed by atoms with Crippen molar-refractivity contribution in [1.29, 1.82) is 0 Å². The number of esters is 1. The van der Waals surface area contributed by atoms with Crippen LogP contribution in [0.5, 0.6) is 0 Å². The summed E-state index contributed by atoms with van der Waals surface area (Å²) in [5.74, 6) is -0.150. The van der Waals surface area contributed by atoms with Gasteiger partial charge in [0.25, 0.3) is 0 Å². The zero-order chi connectivity index (χ0) is 13.8. The number of carbonyl (C=O) groups excluding carboxylic acids is 1. The highest BCUT2D eigenvalue weighted by Gasteiger charge is 2.11. The Morgan fingerprint density at radius 2 is 2.11 bits per heavy atom. The summed E-state index contributed by atoms with van der Waals surface area (Å²) in [5, 5.41) is 1.33. The van der Waals surface area contributed by atoms with Crippen LogP contribution in [0, 0.1) is 0 Å².